The maximum atomic E-state index is 11.7. The number of carbonyl (C=O) groups excluding carboxylic acids is 1. The van der Waals surface area contributed by atoms with Crippen LogP contribution in [0.25, 0.3) is 5.57 Å². The predicted molar refractivity (Wildman–Crippen MR) is 82.3 cm³/mol. The number of para-hydroxylation sites is 1. The molecule has 0 amide bonds. The topological polar surface area (TPSA) is 42.3 Å². The van der Waals surface area contributed by atoms with Crippen LogP contribution in [0.2, 0.25) is 0 Å². The van der Waals surface area contributed by atoms with Crippen LogP contribution in [0.1, 0.15) is 25.1 Å². The number of pyridine rings is 1. The lowest BCUT2D eigenvalue weighted by molar-refractivity contribution is -0.111. The Labute approximate surface area is 118 Å². The number of hydrogen-bond acceptors (Lipinski definition) is 3. The normalized spacial score (nSPS) is 11.8. The quantitative estimate of drug-likeness (QED) is 0.622. The Morgan fingerprint density at radius 2 is 1.90 bits per heavy atom. The second-order valence-electron chi connectivity index (χ2n) is 4.29. The van der Waals surface area contributed by atoms with Crippen LogP contribution in [-0.4, -0.2) is 17.0 Å². The number of rotatable bonds is 4. The Balaban J connectivity index is 2.39. The third kappa shape index (κ3) is 3.26. The molecule has 3 heteroatoms. The van der Waals surface area contributed by atoms with Gasteiger partial charge >= 0.3 is 0 Å². The van der Waals surface area contributed by atoms with Gasteiger partial charge in [-0.1, -0.05) is 30.3 Å². The number of aromatic nitrogens is 1. The van der Waals surface area contributed by atoms with Crippen molar-refractivity contribution in [2.45, 2.75) is 13.8 Å². The van der Waals surface area contributed by atoms with E-state index < -0.39 is 0 Å². The number of allylic oxidation sites excluding steroid dienone is 2. The number of hydrogen-bond donors (Lipinski definition) is 0. The lowest BCUT2D eigenvalue weighted by atomic mass is 10.0. The Morgan fingerprint density at radius 3 is 2.55 bits per heavy atom. The SMILES string of the molecule is C/C=C(/C(C)=O)c1ccccc1N=Cc1ccccn1. The molecule has 0 aliphatic rings. The average Bonchev–Trinajstić information content (AvgIpc) is 2.48. The summed E-state index contributed by atoms with van der Waals surface area (Å²) in [5, 5.41) is 0. The molecule has 0 aliphatic carbocycles. The van der Waals surface area contributed by atoms with Gasteiger partial charge in [0, 0.05) is 17.3 Å². The summed E-state index contributed by atoms with van der Waals surface area (Å²) in [6, 6.07) is 13.3. The van der Waals surface area contributed by atoms with Crippen molar-refractivity contribution in [1.82, 2.24) is 4.98 Å². The van der Waals surface area contributed by atoms with Crippen molar-refractivity contribution >= 4 is 23.3 Å². The van der Waals surface area contributed by atoms with Crippen molar-refractivity contribution in [3.05, 3.63) is 66.0 Å². The van der Waals surface area contributed by atoms with E-state index >= 15 is 0 Å². The first-order chi connectivity index (χ1) is 9.72. The standard InChI is InChI=1S/C17H16N2O/c1-3-15(13(2)20)16-9-4-5-10-17(16)19-12-14-8-6-7-11-18-14/h3-12H,1-2H3/b15-3-,19-12?. The molecule has 20 heavy (non-hydrogen) atoms. The van der Waals surface area contributed by atoms with E-state index in [-0.39, 0.29) is 5.78 Å². The Morgan fingerprint density at radius 1 is 1.15 bits per heavy atom. The van der Waals surface area contributed by atoms with Gasteiger partial charge in [-0.3, -0.25) is 14.8 Å². The van der Waals surface area contributed by atoms with E-state index in [1.807, 2.05) is 55.5 Å². The maximum absolute atomic E-state index is 11.7. The third-order valence-electron chi connectivity index (χ3n) is 2.89. The second-order valence-corrected chi connectivity index (χ2v) is 4.29. The summed E-state index contributed by atoms with van der Waals surface area (Å²) in [6.07, 6.45) is 5.24. The van der Waals surface area contributed by atoms with Crippen molar-refractivity contribution < 1.29 is 4.79 Å². The van der Waals surface area contributed by atoms with Crippen LogP contribution in [0, 0.1) is 0 Å². The fourth-order valence-corrected chi connectivity index (χ4v) is 1.95. The zero-order valence-corrected chi connectivity index (χ0v) is 11.6. The van der Waals surface area contributed by atoms with Gasteiger partial charge in [-0.15, -0.1) is 0 Å². The van der Waals surface area contributed by atoms with Gasteiger partial charge in [-0.05, 0) is 32.0 Å². The molecule has 2 rings (SSSR count). The van der Waals surface area contributed by atoms with E-state index in [1.165, 1.54) is 0 Å². The first kappa shape index (κ1) is 13.9. The van der Waals surface area contributed by atoms with Crippen LogP contribution in [0.5, 0.6) is 0 Å². The molecular weight excluding hydrogens is 248 g/mol. The molecule has 0 aliphatic heterocycles. The van der Waals surface area contributed by atoms with E-state index in [1.54, 1.807) is 19.3 Å². The molecule has 0 saturated heterocycles. The van der Waals surface area contributed by atoms with E-state index in [0.717, 1.165) is 16.9 Å². The Bertz CT molecular complexity index is 658. The molecule has 0 radical (unpaired) electrons. The van der Waals surface area contributed by atoms with Gasteiger partial charge in [-0.25, -0.2) is 0 Å². The van der Waals surface area contributed by atoms with E-state index in [2.05, 4.69) is 9.98 Å². The van der Waals surface area contributed by atoms with Gasteiger partial charge in [-0.2, -0.15) is 0 Å². The highest BCUT2D eigenvalue weighted by Gasteiger charge is 2.09. The smallest absolute Gasteiger partial charge is 0.160 e. The van der Waals surface area contributed by atoms with E-state index in [9.17, 15) is 4.79 Å². The summed E-state index contributed by atoms with van der Waals surface area (Å²) in [4.78, 5) is 20.3. The number of carbonyl (C=O) groups is 1. The lowest BCUT2D eigenvalue weighted by Crippen LogP contribution is -1.96. The summed E-state index contributed by atoms with van der Waals surface area (Å²) < 4.78 is 0. The number of Topliss-reactive ketones (excluding diaryl/α,β-unsaturated/α-hetero) is 1. The fourth-order valence-electron chi connectivity index (χ4n) is 1.95. The number of ketones is 1. The molecule has 2 aromatic rings. The largest absolute Gasteiger partial charge is 0.294 e. The minimum atomic E-state index is 0.0352. The first-order valence-electron chi connectivity index (χ1n) is 6.44. The summed E-state index contributed by atoms with van der Waals surface area (Å²) in [5.41, 5.74) is 3.07. The lowest BCUT2D eigenvalue weighted by Gasteiger charge is -2.06. The van der Waals surface area contributed by atoms with Crippen LogP contribution in [0.3, 0.4) is 0 Å². The van der Waals surface area contributed by atoms with Crippen LogP contribution < -0.4 is 0 Å². The molecule has 100 valence electrons. The maximum Gasteiger partial charge on any atom is 0.160 e. The highest BCUT2D eigenvalue weighted by Crippen LogP contribution is 2.26. The number of benzene rings is 1. The zero-order valence-electron chi connectivity index (χ0n) is 11.6. The van der Waals surface area contributed by atoms with E-state index in [4.69, 9.17) is 0 Å². The molecule has 0 fully saturated rings. The molecule has 0 bridgehead atoms. The van der Waals surface area contributed by atoms with Crippen molar-refractivity contribution in [2.75, 3.05) is 0 Å². The molecule has 1 aromatic heterocycles. The minimum Gasteiger partial charge on any atom is -0.294 e. The molecule has 0 saturated carbocycles. The van der Waals surface area contributed by atoms with Crippen LogP contribution in [-0.2, 0) is 4.79 Å². The molecule has 0 atom stereocenters. The minimum absolute atomic E-state index is 0.0352. The van der Waals surface area contributed by atoms with Gasteiger partial charge in [0.15, 0.2) is 5.78 Å². The first-order valence-corrected chi connectivity index (χ1v) is 6.44. The second kappa shape index (κ2) is 6.57. The van der Waals surface area contributed by atoms with Crippen molar-refractivity contribution in [3.8, 4) is 0 Å². The summed E-state index contributed by atoms with van der Waals surface area (Å²) in [5.74, 6) is 0.0352. The molecule has 1 aromatic carbocycles. The molecular formula is C17H16N2O. The molecule has 0 N–H and O–H groups in total. The summed E-state index contributed by atoms with van der Waals surface area (Å²) in [6.45, 7) is 3.42. The summed E-state index contributed by atoms with van der Waals surface area (Å²) >= 11 is 0. The summed E-state index contributed by atoms with van der Waals surface area (Å²) in [7, 11) is 0. The van der Waals surface area contributed by atoms with Gasteiger partial charge < -0.3 is 0 Å². The molecule has 1 heterocycles. The van der Waals surface area contributed by atoms with E-state index in [0.29, 0.717) is 5.57 Å². The predicted octanol–water partition coefficient (Wildman–Crippen LogP) is 3.82. The average molecular weight is 264 g/mol. The molecule has 0 spiro atoms. The van der Waals surface area contributed by atoms with Gasteiger partial charge in [0.1, 0.15) is 0 Å². The van der Waals surface area contributed by atoms with Crippen LogP contribution >= 0.6 is 0 Å². The van der Waals surface area contributed by atoms with Crippen LogP contribution in [0.4, 0.5) is 5.69 Å². The molecule has 0 unspecified atom stereocenters. The highest BCUT2D eigenvalue weighted by atomic mass is 16.1. The zero-order chi connectivity index (χ0) is 14.4. The number of aliphatic imine (C=N–C) groups is 1. The van der Waals surface area contributed by atoms with Gasteiger partial charge in [0.25, 0.3) is 0 Å². The Hall–Kier alpha value is -2.55. The van der Waals surface area contributed by atoms with Crippen molar-refractivity contribution in [2.24, 2.45) is 4.99 Å². The Kier molecular flexibility index (Phi) is 4.56. The van der Waals surface area contributed by atoms with Crippen molar-refractivity contribution in [1.29, 1.82) is 0 Å². The molecule has 3 nitrogen and oxygen atoms in total. The van der Waals surface area contributed by atoms with Gasteiger partial charge in [0.2, 0.25) is 0 Å². The highest BCUT2D eigenvalue weighted by molar-refractivity contribution is 6.20. The third-order valence-corrected chi connectivity index (χ3v) is 2.89. The monoisotopic (exact) mass is 264 g/mol. The number of nitrogens with zero attached hydrogens (tertiary/aromatic N) is 2. The fraction of sp³-hybridized carbons (Fsp3) is 0.118. The van der Waals surface area contributed by atoms with Gasteiger partial charge in [0.05, 0.1) is 17.6 Å². The van der Waals surface area contributed by atoms with Crippen molar-refractivity contribution in [3.63, 3.8) is 0 Å². The van der Waals surface area contributed by atoms with Crippen LogP contribution in [0.15, 0.2) is 59.7 Å².